The van der Waals surface area contributed by atoms with Crippen molar-refractivity contribution in [2.75, 3.05) is 10.6 Å². The molecule has 4 rings (SSSR count). The Hall–Kier alpha value is -4.40. The smallest absolute Gasteiger partial charge is 0.274 e. The van der Waals surface area contributed by atoms with E-state index in [4.69, 9.17) is 0 Å². The fourth-order valence-corrected chi connectivity index (χ4v) is 3.35. The predicted molar refractivity (Wildman–Crippen MR) is 118 cm³/mol. The fourth-order valence-electron chi connectivity index (χ4n) is 3.35. The topological polar surface area (TPSA) is 108 Å². The number of carbonyl (C=O) groups excluding carboxylic acids is 4. The molecule has 0 bridgehead atoms. The van der Waals surface area contributed by atoms with Crippen molar-refractivity contribution in [2.24, 2.45) is 0 Å². The van der Waals surface area contributed by atoms with Gasteiger partial charge in [0.2, 0.25) is 11.8 Å². The van der Waals surface area contributed by atoms with Crippen LogP contribution in [-0.4, -0.2) is 33.5 Å². The lowest BCUT2D eigenvalue weighted by Gasteiger charge is -2.14. The molecule has 0 atom stereocenters. The molecule has 2 N–H and O–H groups in total. The largest absolute Gasteiger partial charge is 0.320 e. The summed E-state index contributed by atoms with van der Waals surface area (Å²) in [7, 11) is 0. The Balaban J connectivity index is 1.47. The van der Waals surface area contributed by atoms with Crippen molar-refractivity contribution < 1.29 is 23.6 Å². The van der Waals surface area contributed by atoms with Crippen molar-refractivity contribution in [3.8, 4) is 0 Å². The van der Waals surface area contributed by atoms with Gasteiger partial charge in [-0.3, -0.25) is 29.1 Å². The number of hydrogen-bond acceptors (Lipinski definition) is 5. The van der Waals surface area contributed by atoms with E-state index in [1.165, 1.54) is 29.3 Å². The third-order valence-electron chi connectivity index (χ3n) is 5.09. The lowest BCUT2D eigenvalue weighted by atomic mass is 10.1. The number of pyridine rings is 1. The molecule has 166 valence electrons. The first-order valence-corrected chi connectivity index (χ1v) is 10.2. The minimum absolute atomic E-state index is 0.0848. The van der Waals surface area contributed by atoms with Crippen molar-refractivity contribution in [2.45, 2.75) is 19.4 Å². The minimum Gasteiger partial charge on any atom is -0.320 e. The third kappa shape index (κ3) is 5.09. The average molecular weight is 446 g/mol. The quantitative estimate of drug-likeness (QED) is 0.565. The predicted octanol–water partition coefficient (Wildman–Crippen LogP) is 3.37. The molecule has 1 aliphatic rings. The molecular formula is C24H19FN4O4. The number of halogens is 1. The van der Waals surface area contributed by atoms with Crippen LogP contribution in [0.5, 0.6) is 0 Å². The summed E-state index contributed by atoms with van der Waals surface area (Å²) in [4.78, 5) is 53.8. The zero-order chi connectivity index (χ0) is 23.4. The molecule has 0 aliphatic carbocycles. The van der Waals surface area contributed by atoms with Gasteiger partial charge in [0.05, 0.1) is 17.9 Å². The molecule has 0 unspecified atom stereocenters. The Morgan fingerprint density at radius 2 is 1.58 bits per heavy atom. The number of nitrogens with one attached hydrogen (secondary N) is 2. The molecule has 1 saturated heterocycles. The summed E-state index contributed by atoms with van der Waals surface area (Å²) in [6, 6.07) is 14.8. The molecule has 0 spiro atoms. The van der Waals surface area contributed by atoms with Gasteiger partial charge in [-0.2, -0.15) is 0 Å². The van der Waals surface area contributed by atoms with Crippen molar-refractivity contribution >= 4 is 35.0 Å². The Labute approximate surface area is 188 Å². The lowest BCUT2D eigenvalue weighted by molar-refractivity contribution is -0.139. The Bertz CT molecular complexity index is 1210. The van der Waals surface area contributed by atoms with Crippen LogP contribution in [0.4, 0.5) is 15.8 Å². The Morgan fingerprint density at radius 1 is 0.879 bits per heavy atom. The van der Waals surface area contributed by atoms with Gasteiger partial charge in [0, 0.05) is 24.6 Å². The molecular weight excluding hydrogens is 427 g/mol. The van der Waals surface area contributed by atoms with Crippen LogP contribution in [0.15, 0.2) is 66.9 Å². The van der Waals surface area contributed by atoms with E-state index in [9.17, 15) is 23.6 Å². The van der Waals surface area contributed by atoms with Crippen LogP contribution in [0.1, 0.15) is 39.3 Å². The van der Waals surface area contributed by atoms with Crippen LogP contribution in [0, 0.1) is 5.82 Å². The third-order valence-corrected chi connectivity index (χ3v) is 5.09. The standard InChI is InChI=1S/C24H19FN4O4/c25-17-8-9-18(27-24(33)19-3-1-2-12-26-19)20(13-17)28-23(32)16-6-4-15(5-7-16)14-29-21(30)10-11-22(29)31/h1-9,12-13H,10-11,14H2,(H,27,33)(H,28,32). The van der Waals surface area contributed by atoms with E-state index in [0.717, 1.165) is 6.07 Å². The summed E-state index contributed by atoms with van der Waals surface area (Å²) in [6.45, 7) is 0.146. The Kier molecular flexibility index (Phi) is 6.21. The molecule has 8 nitrogen and oxygen atoms in total. The number of aromatic nitrogens is 1. The zero-order valence-electron chi connectivity index (χ0n) is 17.4. The van der Waals surface area contributed by atoms with Crippen molar-refractivity contribution in [1.82, 2.24) is 9.88 Å². The maximum atomic E-state index is 13.8. The van der Waals surface area contributed by atoms with Gasteiger partial charge in [-0.05, 0) is 48.0 Å². The van der Waals surface area contributed by atoms with Gasteiger partial charge >= 0.3 is 0 Å². The number of nitrogens with zero attached hydrogens (tertiary/aromatic N) is 2. The van der Waals surface area contributed by atoms with E-state index in [0.29, 0.717) is 5.56 Å². The molecule has 9 heteroatoms. The first kappa shape index (κ1) is 21.8. The minimum atomic E-state index is -0.587. The van der Waals surface area contributed by atoms with Crippen molar-refractivity contribution in [1.29, 1.82) is 0 Å². The number of anilines is 2. The molecule has 1 fully saturated rings. The molecule has 4 amide bonds. The second-order valence-electron chi connectivity index (χ2n) is 7.38. The number of hydrogen-bond donors (Lipinski definition) is 2. The van der Waals surface area contributed by atoms with E-state index >= 15 is 0 Å². The van der Waals surface area contributed by atoms with Crippen molar-refractivity contribution in [3.63, 3.8) is 0 Å². The van der Waals surface area contributed by atoms with E-state index < -0.39 is 17.6 Å². The van der Waals surface area contributed by atoms with Gasteiger partial charge < -0.3 is 10.6 Å². The molecule has 2 aromatic carbocycles. The highest BCUT2D eigenvalue weighted by Gasteiger charge is 2.28. The van der Waals surface area contributed by atoms with Gasteiger partial charge in [0.15, 0.2) is 0 Å². The molecule has 1 aliphatic heterocycles. The summed E-state index contributed by atoms with van der Waals surface area (Å²) in [5.41, 5.74) is 1.45. The molecule has 0 radical (unpaired) electrons. The average Bonchev–Trinajstić information content (AvgIpc) is 3.14. The second-order valence-corrected chi connectivity index (χ2v) is 7.38. The maximum Gasteiger partial charge on any atom is 0.274 e. The Morgan fingerprint density at radius 3 is 2.24 bits per heavy atom. The number of likely N-dealkylation sites (tertiary alicyclic amines) is 1. The molecule has 33 heavy (non-hydrogen) atoms. The van der Waals surface area contributed by atoms with E-state index in [-0.39, 0.29) is 53.8 Å². The fraction of sp³-hybridized carbons (Fsp3) is 0.125. The summed E-state index contributed by atoms with van der Waals surface area (Å²) >= 11 is 0. The molecule has 2 heterocycles. The van der Waals surface area contributed by atoms with Crippen LogP contribution >= 0.6 is 0 Å². The van der Waals surface area contributed by atoms with Crippen LogP contribution in [0.3, 0.4) is 0 Å². The number of carbonyl (C=O) groups is 4. The van der Waals surface area contributed by atoms with Crippen molar-refractivity contribution in [3.05, 3.63) is 89.5 Å². The lowest BCUT2D eigenvalue weighted by Crippen LogP contribution is -2.28. The first-order valence-electron chi connectivity index (χ1n) is 10.2. The van der Waals surface area contributed by atoms with Crippen LogP contribution in [-0.2, 0) is 16.1 Å². The zero-order valence-corrected chi connectivity index (χ0v) is 17.4. The van der Waals surface area contributed by atoms with E-state index in [2.05, 4.69) is 15.6 Å². The van der Waals surface area contributed by atoms with E-state index in [1.54, 1.807) is 36.4 Å². The molecule has 1 aromatic heterocycles. The molecule has 0 saturated carbocycles. The normalized spacial score (nSPS) is 13.2. The van der Waals surface area contributed by atoms with Crippen LogP contribution in [0.2, 0.25) is 0 Å². The maximum absolute atomic E-state index is 13.8. The summed E-state index contributed by atoms with van der Waals surface area (Å²) in [5, 5.41) is 5.21. The van der Waals surface area contributed by atoms with Gasteiger partial charge in [0.25, 0.3) is 11.8 Å². The summed E-state index contributed by atoms with van der Waals surface area (Å²) in [6.07, 6.45) is 1.90. The number of imide groups is 1. The first-order chi connectivity index (χ1) is 15.9. The number of amides is 4. The van der Waals surface area contributed by atoms with Gasteiger partial charge in [0.1, 0.15) is 11.5 Å². The number of rotatable bonds is 6. The summed E-state index contributed by atoms with van der Waals surface area (Å²) < 4.78 is 13.8. The highest BCUT2D eigenvalue weighted by atomic mass is 19.1. The highest BCUT2D eigenvalue weighted by molar-refractivity contribution is 6.09. The highest BCUT2D eigenvalue weighted by Crippen LogP contribution is 2.24. The summed E-state index contributed by atoms with van der Waals surface area (Å²) in [5.74, 6) is -2.04. The second kappa shape index (κ2) is 9.39. The van der Waals surface area contributed by atoms with Gasteiger partial charge in [-0.1, -0.05) is 18.2 Å². The van der Waals surface area contributed by atoms with E-state index in [1.807, 2.05) is 0 Å². The monoisotopic (exact) mass is 446 g/mol. The van der Waals surface area contributed by atoms with Gasteiger partial charge in [-0.15, -0.1) is 0 Å². The molecule has 3 aromatic rings. The number of benzene rings is 2. The van der Waals surface area contributed by atoms with Crippen LogP contribution in [0.25, 0.3) is 0 Å². The van der Waals surface area contributed by atoms with Gasteiger partial charge in [-0.25, -0.2) is 4.39 Å². The SMILES string of the molecule is O=C(Nc1cc(F)ccc1NC(=O)c1ccccn1)c1ccc(CN2C(=O)CCC2=O)cc1. The van der Waals surface area contributed by atoms with Crippen LogP contribution < -0.4 is 10.6 Å².